The second-order valence-corrected chi connectivity index (χ2v) is 10.5. The van der Waals surface area contributed by atoms with E-state index in [2.05, 4.69) is 11.9 Å². The maximum atomic E-state index is 13.9. The van der Waals surface area contributed by atoms with Crippen molar-refractivity contribution in [3.8, 4) is 11.5 Å². The molecule has 40 heavy (non-hydrogen) atoms. The fourth-order valence-electron chi connectivity index (χ4n) is 5.79. The molecule has 1 N–H and O–H groups in total. The summed E-state index contributed by atoms with van der Waals surface area (Å²) in [6.07, 6.45) is 1.50. The maximum absolute atomic E-state index is 13.9. The lowest BCUT2D eigenvalue weighted by atomic mass is 9.68. The van der Waals surface area contributed by atoms with Crippen LogP contribution in [0, 0.1) is 5.92 Å². The van der Waals surface area contributed by atoms with Crippen LogP contribution in [0.5, 0.6) is 11.5 Å². The van der Waals surface area contributed by atoms with Crippen LogP contribution < -0.4 is 14.8 Å². The average Bonchev–Trinajstić information content (AvgIpc) is 2.96. The van der Waals surface area contributed by atoms with Crippen molar-refractivity contribution < 1.29 is 23.8 Å². The summed E-state index contributed by atoms with van der Waals surface area (Å²) >= 11 is 6.10. The molecule has 0 bridgehead atoms. The smallest absolute Gasteiger partial charge is 0.315 e. The van der Waals surface area contributed by atoms with Gasteiger partial charge in [-0.3, -0.25) is 9.59 Å². The molecule has 3 unspecified atom stereocenters. The van der Waals surface area contributed by atoms with Crippen molar-refractivity contribution in [2.45, 2.75) is 31.1 Å². The first-order chi connectivity index (χ1) is 19.4. The number of para-hydroxylation sites is 1. The molecule has 1 heterocycles. The number of nitrogens with one attached hydrogen (secondary N) is 1. The summed E-state index contributed by atoms with van der Waals surface area (Å²) in [4.78, 5) is 27.6. The van der Waals surface area contributed by atoms with E-state index in [4.69, 9.17) is 25.8 Å². The molecule has 0 radical (unpaired) electrons. The summed E-state index contributed by atoms with van der Waals surface area (Å²) in [5, 5.41) is 3.98. The number of ketones is 1. The van der Waals surface area contributed by atoms with Gasteiger partial charge in [-0.2, -0.15) is 0 Å². The number of halogens is 1. The highest BCUT2D eigenvalue weighted by Crippen LogP contribution is 2.50. The summed E-state index contributed by atoms with van der Waals surface area (Å²) in [6.45, 7) is 4.45. The van der Waals surface area contributed by atoms with Gasteiger partial charge in [0.1, 0.15) is 5.92 Å². The molecule has 0 amide bonds. The molecular weight excluding hydrogens is 526 g/mol. The number of methoxy groups -OCH3 is 2. The Kier molecular flexibility index (Phi) is 8.27. The highest BCUT2D eigenvalue weighted by Gasteiger charge is 2.46. The van der Waals surface area contributed by atoms with Crippen LogP contribution in [0.25, 0.3) is 0 Å². The lowest BCUT2D eigenvalue weighted by Crippen LogP contribution is -2.42. The van der Waals surface area contributed by atoms with Gasteiger partial charge in [-0.1, -0.05) is 72.8 Å². The van der Waals surface area contributed by atoms with Gasteiger partial charge in [-0.25, -0.2) is 0 Å². The van der Waals surface area contributed by atoms with E-state index in [1.54, 1.807) is 20.3 Å². The predicted octanol–water partition coefficient (Wildman–Crippen LogP) is 6.36. The van der Waals surface area contributed by atoms with Crippen molar-refractivity contribution in [1.82, 2.24) is 5.32 Å². The van der Waals surface area contributed by atoms with Gasteiger partial charge in [-0.15, -0.1) is 0 Å². The van der Waals surface area contributed by atoms with Gasteiger partial charge in [0.2, 0.25) is 0 Å². The number of benzene rings is 3. The fourth-order valence-corrected chi connectivity index (χ4v) is 5.92. The highest BCUT2D eigenvalue weighted by molar-refractivity contribution is 6.30. The molecule has 0 saturated carbocycles. The number of hydrogen-bond acceptors (Lipinski definition) is 6. The summed E-state index contributed by atoms with van der Waals surface area (Å²) < 4.78 is 17.1. The molecule has 206 valence electrons. The van der Waals surface area contributed by atoms with Crippen molar-refractivity contribution in [2.75, 3.05) is 20.8 Å². The van der Waals surface area contributed by atoms with Gasteiger partial charge in [-0.05, 0) is 41.7 Å². The lowest BCUT2D eigenvalue weighted by Gasteiger charge is -2.40. The monoisotopic (exact) mass is 557 g/mol. The predicted molar refractivity (Wildman–Crippen MR) is 155 cm³/mol. The molecule has 1 aliphatic heterocycles. The third kappa shape index (κ3) is 5.50. The zero-order valence-corrected chi connectivity index (χ0v) is 23.4. The first kappa shape index (κ1) is 27.5. The summed E-state index contributed by atoms with van der Waals surface area (Å²) in [5.74, 6) is -0.967. The average molecular weight is 558 g/mol. The summed E-state index contributed by atoms with van der Waals surface area (Å²) in [6, 6.07) is 22.9. The summed E-state index contributed by atoms with van der Waals surface area (Å²) in [7, 11) is 3.12. The minimum atomic E-state index is -0.827. The minimum absolute atomic E-state index is 0.0222. The molecule has 0 saturated heterocycles. The second-order valence-electron chi connectivity index (χ2n) is 10.1. The quantitative estimate of drug-likeness (QED) is 0.325. The molecule has 6 nitrogen and oxygen atoms in total. The molecule has 2 aliphatic rings. The van der Waals surface area contributed by atoms with Crippen molar-refractivity contribution in [3.63, 3.8) is 0 Å². The van der Waals surface area contributed by atoms with E-state index in [0.29, 0.717) is 52.6 Å². The Morgan fingerprint density at radius 2 is 1.73 bits per heavy atom. The topological polar surface area (TPSA) is 73.9 Å². The zero-order valence-electron chi connectivity index (χ0n) is 22.6. The number of carbonyl (C=O) groups is 2. The molecule has 0 aromatic heterocycles. The second kappa shape index (κ2) is 12.0. The van der Waals surface area contributed by atoms with Crippen LogP contribution in [0.3, 0.4) is 0 Å². The van der Waals surface area contributed by atoms with E-state index in [-0.39, 0.29) is 18.3 Å². The fraction of sp³-hybridized carbons (Fsp3) is 0.273. The molecule has 1 aliphatic carbocycles. The normalized spacial score (nSPS) is 20.4. The van der Waals surface area contributed by atoms with Crippen molar-refractivity contribution >= 4 is 23.4 Å². The Bertz CT molecular complexity index is 1450. The van der Waals surface area contributed by atoms with E-state index in [0.717, 1.165) is 16.8 Å². The third-order valence-corrected chi connectivity index (χ3v) is 7.93. The van der Waals surface area contributed by atoms with Crippen LogP contribution in [0.4, 0.5) is 0 Å². The third-order valence-electron chi connectivity index (χ3n) is 7.68. The molecule has 3 aromatic rings. The van der Waals surface area contributed by atoms with Gasteiger partial charge < -0.3 is 19.5 Å². The summed E-state index contributed by atoms with van der Waals surface area (Å²) in [5.41, 5.74) is 4.61. The van der Waals surface area contributed by atoms with Gasteiger partial charge in [0.15, 0.2) is 17.3 Å². The Hall–Kier alpha value is -4.03. The largest absolute Gasteiger partial charge is 0.493 e. The molecule has 3 atom stereocenters. The van der Waals surface area contributed by atoms with Crippen LogP contribution in [0.15, 0.2) is 96.3 Å². The first-order valence-electron chi connectivity index (χ1n) is 13.3. The maximum Gasteiger partial charge on any atom is 0.315 e. The van der Waals surface area contributed by atoms with Crippen LogP contribution in [0.2, 0.25) is 5.02 Å². The van der Waals surface area contributed by atoms with Gasteiger partial charge in [0.05, 0.1) is 20.8 Å². The van der Waals surface area contributed by atoms with Crippen LogP contribution in [-0.4, -0.2) is 32.6 Å². The molecule has 5 rings (SSSR count). The van der Waals surface area contributed by atoms with Crippen LogP contribution >= 0.6 is 11.6 Å². The van der Waals surface area contributed by atoms with Crippen molar-refractivity contribution in [3.05, 3.63) is 118 Å². The molecule has 0 spiro atoms. The Labute approximate surface area is 239 Å². The van der Waals surface area contributed by atoms with Crippen LogP contribution in [0.1, 0.15) is 41.4 Å². The molecule has 3 aromatic carbocycles. The van der Waals surface area contributed by atoms with E-state index in [1.807, 2.05) is 66.7 Å². The van der Waals surface area contributed by atoms with E-state index >= 15 is 0 Å². The van der Waals surface area contributed by atoms with Gasteiger partial charge in [0, 0.05) is 46.3 Å². The number of allylic oxidation sites excluding steroid dienone is 2. The van der Waals surface area contributed by atoms with Crippen molar-refractivity contribution in [1.29, 1.82) is 0 Å². The first-order valence-corrected chi connectivity index (χ1v) is 13.7. The number of ether oxygens (including phenoxy) is 3. The number of esters is 1. The Morgan fingerprint density at radius 3 is 2.42 bits per heavy atom. The molecular formula is C33H32ClNO5. The number of carbonyl (C=O) groups excluding carboxylic acids is 2. The Morgan fingerprint density at radius 1 is 0.975 bits per heavy atom. The SMILES string of the molecule is C=C1NC2=C(C(=O)CC(c3ccc(Cl)cc3)C2)C(c2cccc(OC)c2OC)C1C(=O)OCCc1ccccc1. The van der Waals surface area contributed by atoms with Gasteiger partial charge >= 0.3 is 5.97 Å². The molecule has 0 fully saturated rings. The van der Waals surface area contributed by atoms with Gasteiger partial charge in [0.25, 0.3) is 0 Å². The standard InChI is InChI=1S/C33H32ClNO5/c1-20-29(33(37)40-17-16-21-8-5-4-6-9-21)30(25-10-7-11-28(38-2)32(25)39-3)31-26(35-20)18-23(19-27(31)36)22-12-14-24(34)15-13-22/h4-15,23,29-30,35H,1,16-19H2,2-3H3. The van der Waals surface area contributed by atoms with Crippen molar-refractivity contribution in [2.24, 2.45) is 5.92 Å². The molecule has 7 heteroatoms. The number of Topliss-reactive ketones (excluding diaryl/α,β-unsaturated/α-hetero) is 1. The number of rotatable bonds is 8. The minimum Gasteiger partial charge on any atom is -0.493 e. The number of hydrogen-bond donors (Lipinski definition) is 1. The van der Waals surface area contributed by atoms with Crippen LogP contribution in [-0.2, 0) is 20.7 Å². The van der Waals surface area contributed by atoms with E-state index in [1.165, 1.54) is 0 Å². The van der Waals surface area contributed by atoms with E-state index in [9.17, 15) is 9.59 Å². The zero-order chi connectivity index (χ0) is 28.2. The highest BCUT2D eigenvalue weighted by atomic mass is 35.5. The Balaban J connectivity index is 1.52. The van der Waals surface area contributed by atoms with E-state index < -0.39 is 17.8 Å². The lowest BCUT2D eigenvalue weighted by molar-refractivity contribution is -0.147.